The second kappa shape index (κ2) is 9.89. The molecule has 0 saturated heterocycles. The molecule has 0 aliphatic carbocycles. The van der Waals surface area contributed by atoms with Crippen LogP contribution in [0.4, 0.5) is 0 Å². The average Bonchev–Trinajstić information content (AvgIpc) is 3.28. The van der Waals surface area contributed by atoms with Crippen molar-refractivity contribution in [1.29, 1.82) is 0 Å². The molecule has 1 heterocycles. The molecular formula is C24H22N4OS. The van der Waals surface area contributed by atoms with Crippen molar-refractivity contribution in [1.82, 2.24) is 20.5 Å². The summed E-state index contributed by atoms with van der Waals surface area (Å²) < 4.78 is 0. The molecule has 6 heteroatoms. The van der Waals surface area contributed by atoms with Gasteiger partial charge >= 0.3 is 0 Å². The molecule has 0 unspecified atom stereocenters. The molecular weight excluding hydrogens is 392 g/mol. The highest BCUT2D eigenvalue weighted by Gasteiger charge is 2.16. The van der Waals surface area contributed by atoms with E-state index in [9.17, 15) is 4.79 Å². The van der Waals surface area contributed by atoms with Crippen molar-refractivity contribution in [3.8, 4) is 11.4 Å². The molecule has 0 radical (unpaired) electrons. The van der Waals surface area contributed by atoms with E-state index in [1.54, 1.807) is 0 Å². The molecule has 0 aliphatic heterocycles. The zero-order valence-electron chi connectivity index (χ0n) is 16.4. The van der Waals surface area contributed by atoms with Crippen LogP contribution >= 0.6 is 11.8 Å². The second-order valence-electron chi connectivity index (χ2n) is 6.84. The van der Waals surface area contributed by atoms with Gasteiger partial charge in [0.05, 0.1) is 11.8 Å². The first kappa shape index (κ1) is 19.9. The average molecular weight is 415 g/mol. The SMILES string of the molecule is O=C(CSc1n[nH]c(-c2ccccc2)n1)N[C@@H](Cc1ccccc1)c1ccccc1. The summed E-state index contributed by atoms with van der Waals surface area (Å²) in [4.78, 5) is 17.1. The van der Waals surface area contributed by atoms with E-state index in [1.807, 2.05) is 78.9 Å². The Kier molecular flexibility index (Phi) is 6.57. The van der Waals surface area contributed by atoms with Gasteiger partial charge < -0.3 is 5.32 Å². The van der Waals surface area contributed by atoms with Gasteiger partial charge in [0, 0.05) is 5.56 Å². The summed E-state index contributed by atoms with van der Waals surface area (Å²) in [6.07, 6.45) is 0.736. The maximum atomic E-state index is 12.7. The van der Waals surface area contributed by atoms with E-state index in [2.05, 4.69) is 32.6 Å². The normalized spacial score (nSPS) is 11.7. The van der Waals surface area contributed by atoms with E-state index >= 15 is 0 Å². The van der Waals surface area contributed by atoms with Gasteiger partial charge in [-0.05, 0) is 17.5 Å². The van der Waals surface area contributed by atoms with Gasteiger partial charge in [-0.25, -0.2) is 4.98 Å². The number of nitrogens with zero attached hydrogens (tertiary/aromatic N) is 2. The van der Waals surface area contributed by atoms with Crippen molar-refractivity contribution in [3.63, 3.8) is 0 Å². The Morgan fingerprint density at radius 2 is 1.53 bits per heavy atom. The van der Waals surface area contributed by atoms with Crippen molar-refractivity contribution < 1.29 is 4.79 Å². The number of nitrogens with one attached hydrogen (secondary N) is 2. The van der Waals surface area contributed by atoms with E-state index in [1.165, 1.54) is 17.3 Å². The number of aromatic amines is 1. The lowest BCUT2D eigenvalue weighted by Crippen LogP contribution is -2.31. The highest BCUT2D eigenvalue weighted by atomic mass is 32.2. The zero-order valence-corrected chi connectivity index (χ0v) is 17.2. The molecule has 2 N–H and O–H groups in total. The number of rotatable bonds is 8. The van der Waals surface area contributed by atoms with Crippen LogP contribution in [0, 0.1) is 0 Å². The van der Waals surface area contributed by atoms with Gasteiger partial charge in [0.2, 0.25) is 11.1 Å². The molecule has 1 atom stereocenters. The van der Waals surface area contributed by atoms with Crippen LogP contribution in [0.25, 0.3) is 11.4 Å². The Balaban J connectivity index is 1.39. The number of H-pyrrole nitrogens is 1. The number of aromatic nitrogens is 3. The molecule has 0 fully saturated rings. The highest BCUT2D eigenvalue weighted by molar-refractivity contribution is 7.99. The zero-order chi connectivity index (χ0) is 20.6. The Labute approximate surface area is 180 Å². The van der Waals surface area contributed by atoms with Gasteiger partial charge in [-0.3, -0.25) is 9.89 Å². The number of amides is 1. The lowest BCUT2D eigenvalue weighted by Gasteiger charge is -2.19. The Hall–Kier alpha value is -3.38. The Morgan fingerprint density at radius 1 is 0.900 bits per heavy atom. The minimum Gasteiger partial charge on any atom is -0.348 e. The Bertz CT molecular complexity index is 1070. The molecule has 0 bridgehead atoms. The molecule has 3 aromatic carbocycles. The van der Waals surface area contributed by atoms with Crippen molar-refractivity contribution in [3.05, 3.63) is 102 Å². The largest absolute Gasteiger partial charge is 0.348 e. The molecule has 150 valence electrons. The number of carbonyl (C=O) groups is 1. The fourth-order valence-corrected chi connectivity index (χ4v) is 3.80. The first-order chi connectivity index (χ1) is 14.8. The number of thioether (sulfide) groups is 1. The van der Waals surface area contributed by atoms with Gasteiger partial charge in [0.15, 0.2) is 5.82 Å². The van der Waals surface area contributed by atoms with Crippen molar-refractivity contribution in [2.45, 2.75) is 17.6 Å². The highest BCUT2D eigenvalue weighted by Crippen LogP contribution is 2.21. The minimum atomic E-state index is -0.0891. The summed E-state index contributed by atoms with van der Waals surface area (Å²) in [5.41, 5.74) is 3.23. The summed E-state index contributed by atoms with van der Waals surface area (Å²) in [7, 11) is 0. The van der Waals surface area contributed by atoms with Crippen molar-refractivity contribution in [2.75, 3.05) is 5.75 Å². The van der Waals surface area contributed by atoms with Crippen LogP contribution in [0.5, 0.6) is 0 Å². The predicted molar refractivity (Wildman–Crippen MR) is 120 cm³/mol. The van der Waals surface area contributed by atoms with Gasteiger partial charge in [-0.1, -0.05) is 103 Å². The number of benzene rings is 3. The summed E-state index contributed by atoms with van der Waals surface area (Å²) in [6, 6.07) is 30.0. The second-order valence-corrected chi connectivity index (χ2v) is 7.78. The number of carbonyl (C=O) groups excluding carboxylic acids is 1. The van der Waals surface area contributed by atoms with Gasteiger partial charge in [0.1, 0.15) is 0 Å². The molecule has 1 amide bonds. The third-order valence-electron chi connectivity index (χ3n) is 4.66. The summed E-state index contributed by atoms with van der Waals surface area (Å²) in [5.74, 6) is 0.907. The number of hydrogen-bond acceptors (Lipinski definition) is 4. The Morgan fingerprint density at radius 3 is 2.23 bits per heavy atom. The van der Waals surface area contributed by atoms with Crippen LogP contribution in [0.1, 0.15) is 17.2 Å². The van der Waals surface area contributed by atoms with Crippen LogP contribution in [0.15, 0.2) is 96.2 Å². The third kappa shape index (κ3) is 5.36. The van der Waals surface area contributed by atoms with E-state index in [0.717, 1.165) is 17.5 Å². The smallest absolute Gasteiger partial charge is 0.230 e. The summed E-state index contributed by atoms with van der Waals surface area (Å²) in [5, 5.41) is 10.9. The predicted octanol–water partition coefficient (Wildman–Crippen LogP) is 4.66. The maximum absolute atomic E-state index is 12.7. The van der Waals surface area contributed by atoms with Crippen LogP contribution in [-0.2, 0) is 11.2 Å². The molecule has 0 spiro atoms. The molecule has 1 aromatic heterocycles. The number of hydrogen-bond donors (Lipinski definition) is 2. The third-order valence-corrected chi connectivity index (χ3v) is 5.51. The van der Waals surface area contributed by atoms with Crippen molar-refractivity contribution in [2.24, 2.45) is 0 Å². The van der Waals surface area contributed by atoms with Crippen LogP contribution < -0.4 is 5.32 Å². The fraction of sp³-hybridized carbons (Fsp3) is 0.125. The van der Waals surface area contributed by atoms with Crippen LogP contribution in [-0.4, -0.2) is 26.8 Å². The first-order valence-corrected chi connectivity index (χ1v) is 10.8. The molecule has 0 saturated carbocycles. The maximum Gasteiger partial charge on any atom is 0.230 e. The minimum absolute atomic E-state index is 0.0455. The van der Waals surface area contributed by atoms with Crippen LogP contribution in [0.3, 0.4) is 0 Å². The van der Waals surface area contributed by atoms with E-state index in [4.69, 9.17) is 0 Å². The molecule has 4 rings (SSSR count). The fourth-order valence-electron chi connectivity index (χ4n) is 3.19. The van der Waals surface area contributed by atoms with Gasteiger partial charge in [-0.15, -0.1) is 5.10 Å². The lowest BCUT2D eigenvalue weighted by molar-refractivity contribution is -0.119. The lowest BCUT2D eigenvalue weighted by atomic mass is 9.99. The summed E-state index contributed by atoms with van der Waals surface area (Å²) in [6.45, 7) is 0. The van der Waals surface area contributed by atoms with Crippen molar-refractivity contribution >= 4 is 17.7 Å². The summed E-state index contributed by atoms with van der Waals surface area (Å²) >= 11 is 1.32. The molecule has 5 nitrogen and oxygen atoms in total. The van der Waals surface area contributed by atoms with E-state index < -0.39 is 0 Å². The first-order valence-electron chi connectivity index (χ1n) is 9.77. The topological polar surface area (TPSA) is 70.7 Å². The van der Waals surface area contributed by atoms with E-state index in [0.29, 0.717) is 11.0 Å². The monoisotopic (exact) mass is 414 g/mol. The quantitative estimate of drug-likeness (QED) is 0.411. The van der Waals surface area contributed by atoms with Gasteiger partial charge in [0.25, 0.3) is 0 Å². The molecule has 0 aliphatic rings. The molecule has 30 heavy (non-hydrogen) atoms. The van der Waals surface area contributed by atoms with Gasteiger partial charge in [-0.2, -0.15) is 0 Å². The van der Waals surface area contributed by atoms with Crippen LogP contribution in [0.2, 0.25) is 0 Å². The van der Waals surface area contributed by atoms with E-state index in [-0.39, 0.29) is 17.7 Å². The standard InChI is InChI=1S/C24H22N4OS/c29-22(17-30-24-26-23(27-28-24)20-14-8-3-9-15-20)25-21(19-12-6-2-7-13-19)16-18-10-4-1-5-11-18/h1-15,21H,16-17H2,(H,25,29)(H,26,27,28)/t21-/m0/s1. The molecule has 4 aromatic rings.